The van der Waals surface area contributed by atoms with Gasteiger partial charge in [-0.2, -0.15) is 8.78 Å². The molecule has 0 amide bonds. The Bertz CT molecular complexity index is 665. The van der Waals surface area contributed by atoms with E-state index >= 15 is 0 Å². The van der Waals surface area contributed by atoms with E-state index in [2.05, 4.69) is 10.1 Å². The van der Waals surface area contributed by atoms with Crippen LogP contribution in [-0.2, 0) is 0 Å². The van der Waals surface area contributed by atoms with Crippen LogP contribution in [0.25, 0.3) is 0 Å². The fraction of sp³-hybridized carbons (Fsp3) is 0.143. The highest BCUT2D eigenvalue weighted by atomic mass is 35.5. The molecule has 3 N–H and O–H groups in total. The maximum absolute atomic E-state index is 13.5. The number of nitrogens with two attached hydrogens (primary N) is 1. The Morgan fingerprint density at radius 2 is 1.90 bits per heavy atom. The maximum Gasteiger partial charge on any atom is 0.387 e. The molecule has 0 aromatic heterocycles. The highest BCUT2D eigenvalue weighted by molar-refractivity contribution is 6.33. The number of nitrogens with one attached hydrogen (secondary N) is 1. The number of ether oxygens (including phenoxy) is 1. The molecule has 112 valence electrons. The average molecular weight is 317 g/mol. The third-order valence-electron chi connectivity index (χ3n) is 2.71. The first-order valence-electron chi connectivity index (χ1n) is 5.94. The van der Waals surface area contributed by atoms with Crippen molar-refractivity contribution in [2.24, 2.45) is 0 Å². The number of halogens is 4. The second-order valence-electron chi connectivity index (χ2n) is 4.36. The molecule has 3 nitrogen and oxygen atoms in total. The van der Waals surface area contributed by atoms with Gasteiger partial charge in [-0.3, -0.25) is 0 Å². The van der Waals surface area contributed by atoms with Crippen molar-refractivity contribution in [1.29, 1.82) is 0 Å². The van der Waals surface area contributed by atoms with Crippen LogP contribution in [0.5, 0.6) is 5.75 Å². The van der Waals surface area contributed by atoms with Crippen LogP contribution in [0.4, 0.5) is 30.2 Å². The monoisotopic (exact) mass is 316 g/mol. The Labute approximate surface area is 124 Å². The molecule has 21 heavy (non-hydrogen) atoms. The van der Waals surface area contributed by atoms with Crippen molar-refractivity contribution in [3.63, 3.8) is 0 Å². The van der Waals surface area contributed by atoms with Crippen LogP contribution >= 0.6 is 11.6 Å². The lowest BCUT2D eigenvalue weighted by Gasteiger charge is -2.14. The van der Waals surface area contributed by atoms with E-state index in [0.717, 1.165) is 17.7 Å². The SMILES string of the molecule is Cc1ccc(Nc2cc(OC(F)F)c(F)cc2N)c(Cl)c1. The molecule has 2 aromatic carbocycles. The fourth-order valence-corrected chi connectivity index (χ4v) is 2.01. The van der Waals surface area contributed by atoms with Crippen molar-refractivity contribution < 1.29 is 17.9 Å². The molecule has 0 heterocycles. The summed E-state index contributed by atoms with van der Waals surface area (Å²) in [5.41, 5.74) is 7.40. The molecule has 0 spiro atoms. The van der Waals surface area contributed by atoms with E-state index in [9.17, 15) is 13.2 Å². The summed E-state index contributed by atoms with van der Waals surface area (Å²) < 4.78 is 42.0. The zero-order valence-electron chi connectivity index (χ0n) is 11.0. The quantitative estimate of drug-likeness (QED) is 0.803. The summed E-state index contributed by atoms with van der Waals surface area (Å²) in [6.07, 6.45) is 0. The van der Waals surface area contributed by atoms with Gasteiger partial charge >= 0.3 is 6.61 Å². The standard InChI is InChI=1S/C14H12ClF3N2O/c1-7-2-3-11(8(15)4-7)20-12-6-13(21-14(17)18)9(16)5-10(12)19/h2-6,14,20H,19H2,1H3. The van der Waals surface area contributed by atoms with Gasteiger partial charge in [-0.05, 0) is 24.6 Å². The van der Waals surface area contributed by atoms with Gasteiger partial charge in [-0.15, -0.1) is 0 Å². The molecule has 0 bridgehead atoms. The van der Waals surface area contributed by atoms with Crippen molar-refractivity contribution in [2.75, 3.05) is 11.1 Å². The molecule has 0 fully saturated rings. The lowest BCUT2D eigenvalue weighted by atomic mass is 10.2. The molecule has 0 radical (unpaired) electrons. The third kappa shape index (κ3) is 3.72. The van der Waals surface area contributed by atoms with Crippen molar-refractivity contribution in [3.8, 4) is 5.75 Å². The number of hydrogen-bond donors (Lipinski definition) is 2. The lowest BCUT2D eigenvalue weighted by Crippen LogP contribution is -2.06. The fourth-order valence-electron chi connectivity index (χ4n) is 1.73. The second kappa shape index (κ2) is 6.13. The number of benzene rings is 2. The Balaban J connectivity index is 2.34. The predicted molar refractivity (Wildman–Crippen MR) is 76.9 cm³/mol. The Kier molecular flexibility index (Phi) is 4.47. The summed E-state index contributed by atoms with van der Waals surface area (Å²) in [6, 6.07) is 7.20. The van der Waals surface area contributed by atoms with E-state index in [1.165, 1.54) is 0 Å². The van der Waals surface area contributed by atoms with Gasteiger partial charge in [0.05, 0.1) is 22.1 Å². The number of alkyl halides is 2. The van der Waals surface area contributed by atoms with Crippen molar-refractivity contribution in [3.05, 3.63) is 46.7 Å². The summed E-state index contributed by atoms with van der Waals surface area (Å²) in [7, 11) is 0. The van der Waals surface area contributed by atoms with Gasteiger partial charge in [0.1, 0.15) is 0 Å². The van der Waals surface area contributed by atoms with Crippen LogP contribution in [0, 0.1) is 12.7 Å². The minimum atomic E-state index is -3.13. The highest BCUT2D eigenvalue weighted by Crippen LogP contribution is 2.33. The summed E-state index contributed by atoms with van der Waals surface area (Å²) >= 11 is 6.06. The van der Waals surface area contributed by atoms with E-state index in [1.807, 2.05) is 13.0 Å². The van der Waals surface area contributed by atoms with Gasteiger partial charge in [0.15, 0.2) is 11.6 Å². The maximum atomic E-state index is 13.5. The molecule has 2 rings (SSSR count). The predicted octanol–water partition coefficient (Wildman–Crippen LogP) is 4.71. The first-order chi connectivity index (χ1) is 9.86. The van der Waals surface area contributed by atoms with Gasteiger partial charge < -0.3 is 15.8 Å². The van der Waals surface area contributed by atoms with Gasteiger partial charge in [0, 0.05) is 12.1 Å². The smallest absolute Gasteiger partial charge is 0.387 e. The first-order valence-corrected chi connectivity index (χ1v) is 6.31. The van der Waals surface area contributed by atoms with E-state index in [1.54, 1.807) is 12.1 Å². The zero-order valence-corrected chi connectivity index (χ0v) is 11.7. The second-order valence-corrected chi connectivity index (χ2v) is 4.76. The molecular formula is C14H12ClF3N2O. The Morgan fingerprint density at radius 1 is 1.19 bits per heavy atom. The largest absolute Gasteiger partial charge is 0.432 e. The minimum absolute atomic E-state index is 0.0470. The van der Waals surface area contributed by atoms with E-state index < -0.39 is 18.2 Å². The van der Waals surface area contributed by atoms with Crippen LogP contribution in [0.15, 0.2) is 30.3 Å². The average Bonchev–Trinajstić information content (AvgIpc) is 2.37. The summed E-state index contributed by atoms with van der Waals surface area (Å²) in [5, 5.41) is 3.29. The van der Waals surface area contributed by atoms with Gasteiger partial charge in [0.25, 0.3) is 0 Å². The number of anilines is 3. The summed E-state index contributed by atoms with van der Waals surface area (Å²) in [5.74, 6) is -1.56. The van der Waals surface area contributed by atoms with Crippen molar-refractivity contribution in [1.82, 2.24) is 0 Å². The van der Waals surface area contributed by atoms with Crippen molar-refractivity contribution in [2.45, 2.75) is 13.5 Å². The first kappa shape index (κ1) is 15.3. The highest BCUT2D eigenvalue weighted by Gasteiger charge is 2.14. The van der Waals surface area contributed by atoms with Crippen LogP contribution < -0.4 is 15.8 Å². The molecule has 0 unspecified atom stereocenters. The zero-order chi connectivity index (χ0) is 15.6. The molecule has 2 aromatic rings. The van der Waals surface area contributed by atoms with Crippen LogP contribution in [0.1, 0.15) is 5.56 Å². The Hall–Kier alpha value is -2.08. The molecule has 0 aliphatic heterocycles. The molecule has 0 aliphatic rings. The molecular weight excluding hydrogens is 305 g/mol. The normalized spacial score (nSPS) is 10.8. The summed E-state index contributed by atoms with van der Waals surface area (Å²) in [4.78, 5) is 0. The van der Waals surface area contributed by atoms with Gasteiger partial charge in [-0.25, -0.2) is 4.39 Å². The van der Waals surface area contributed by atoms with Crippen LogP contribution in [-0.4, -0.2) is 6.61 Å². The van der Waals surface area contributed by atoms with E-state index in [0.29, 0.717) is 10.7 Å². The van der Waals surface area contributed by atoms with Crippen molar-refractivity contribution >= 4 is 28.7 Å². The van der Waals surface area contributed by atoms with Gasteiger partial charge in [-0.1, -0.05) is 17.7 Å². The van der Waals surface area contributed by atoms with Crippen LogP contribution in [0.3, 0.4) is 0 Å². The molecule has 0 atom stereocenters. The Morgan fingerprint density at radius 3 is 2.52 bits per heavy atom. The minimum Gasteiger partial charge on any atom is -0.432 e. The number of hydrogen-bond acceptors (Lipinski definition) is 3. The lowest BCUT2D eigenvalue weighted by molar-refractivity contribution is -0.0521. The van der Waals surface area contributed by atoms with Crippen LogP contribution in [0.2, 0.25) is 5.02 Å². The molecule has 0 aliphatic carbocycles. The van der Waals surface area contributed by atoms with E-state index in [-0.39, 0.29) is 11.4 Å². The third-order valence-corrected chi connectivity index (χ3v) is 3.03. The van der Waals surface area contributed by atoms with E-state index in [4.69, 9.17) is 17.3 Å². The number of rotatable bonds is 4. The van der Waals surface area contributed by atoms with Gasteiger partial charge in [0.2, 0.25) is 0 Å². The number of aryl methyl sites for hydroxylation is 1. The molecule has 0 saturated carbocycles. The topological polar surface area (TPSA) is 47.3 Å². The molecule has 7 heteroatoms. The number of nitrogen functional groups attached to an aromatic ring is 1. The molecule has 0 saturated heterocycles. The summed E-state index contributed by atoms with van der Waals surface area (Å²) in [6.45, 7) is -1.25.